The summed E-state index contributed by atoms with van der Waals surface area (Å²) in [6, 6.07) is 10.4. The van der Waals surface area contributed by atoms with E-state index in [1.807, 2.05) is 10.9 Å². The molecule has 1 heterocycles. The standard InChI is InChI=1S/C12H13BrN2/c1-2-11-7-8-15(14-11)12-5-3-10(9-13)4-6-12/h3-8H,2,9H2,1H3. The summed E-state index contributed by atoms with van der Waals surface area (Å²) < 4.78 is 1.91. The molecule has 1 aromatic heterocycles. The molecule has 0 N–H and O–H groups in total. The summed E-state index contributed by atoms with van der Waals surface area (Å²) >= 11 is 3.43. The van der Waals surface area contributed by atoms with Gasteiger partial charge in [-0.2, -0.15) is 5.10 Å². The second-order valence-electron chi connectivity index (χ2n) is 3.41. The van der Waals surface area contributed by atoms with E-state index < -0.39 is 0 Å². The van der Waals surface area contributed by atoms with Crippen molar-refractivity contribution in [3.05, 3.63) is 47.8 Å². The number of aryl methyl sites for hydroxylation is 1. The zero-order chi connectivity index (χ0) is 10.7. The van der Waals surface area contributed by atoms with Crippen LogP contribution in [0.25, 0.3) is 5.69 Å². The number of rotatable bonds is 3. The molecule has 1 aromatic carbocycles. The molecular weight excluding hydrogens is 252 g/mol. The largest absolute Gasteiger partial charge is 0.241 e. The Morgan fingerprint density at radius 3 is 2.47 bits per heavy atom. The van der Waals surface area contributed by atoms with E-state index in [9.17, 15) is 0 Å². The summed E-state index contributed by atoms with van der Waals surface area (Å²) in [4.78, 5) is 0. The van der Waals surface area contributed by atoms with Crippen LogP contribution in [-0.4, -0.2) is 9.78 Å². The zero-order valence-electron chi connectivity index (χ0n) is 8.65. The maximum Gasteiger partial charge on any atom is 0.0645 e. The van der Waals surface area contributed by atoms with E-state index in [2.05, 4.69) is 58.3 Å². The van der Waals surface area contributed by atoms with E-state index in [-0.39, 0.29) is 0 Å². The molecule has 15 heavy (non-hydrogen) atoms. The zero-order valence-corrected chi connectivity index (χ0v) is 10.2. The van der Waals surface area contributed by atoms with Gasteiger partial charge in [0.15, 0.2) is 0 Å². The molecule has 0 unspecified atom stereocenters. The topological polar surface area (TPSA) is 17.8 Å². The molecule has 3 heteroatoms. The molecule has 0 atom stereocenters. The Bertz CT molecular complexity index is 431. The van der Waals surface area contributed by atoms with Crippen LogP contribution in [0.2, 0.25) is 0 Å². The first-order valence-corrected chi connectivity index (χ1v) is 6.15. The van der Waals surface area contributed by atoms with E-state index in [0.29, 0.717) is 0 Å². The highest BCUT2D eigenvalue weighted by molar-refractivity contribution is 9.08. The third-order valence-corrected chi connectivity index (χ3v) is 3.01. The molecule has 0 spiro atoms. The monoisotopic (exact) mass is 264 g/mol. The van der Waals surface area contributed by atoms with Crippen LogP contribution in [0.15, 0.2) is 36.5 Å². The van der Waals surface area contributed by atoms with Crippen LogP contribution in [0.1, 0.15) is 18.2 Å². The fourth-order valence-corrected chi connectivity index (χ4v) is 1.81. The maximum atomic E-state index is 4.46. The van der Waals surface area contributed by atoms with Crippen LogP contribution in [0.4, 0.5) is 0 Å². The van der Waals surface area contributed by atoms with Crippen LogP contribution in [0.5, 0.6) is 0 Å². The predicted octanol–water partition coefficient (Wildman–Crippen LogP) is 3.33. The van der Waals surface area contributed by atoms with Crippen molar-refractivity contribution in [2.75, 3.05) is 0 Å². The number of benzene rings is 1. The third-order valence-electron chi connectivity index (χ3n) is 2.36. The van der Waals surface area contributed by atoms with Crippen molar-refractivity contribution >= 4 is 15.9 Å². The number of hydrogen-bond acceptors (Lipinski definition) is 1. The van der Waals surface area contributed by atoms with E-state index in [1.54, 1.807) is 0 Å². The fourth-order valence-electron chi connectivity index (χ4n) is 1.43. The molecule has 0 saturated heterocycles. The molecule has 0 amide bonds. The van der Waals surface area contributed by atoms with Gasteiger partial charge in [-0.05, 0) is 30.2 Å². The molecule has 2 nitrogen and oxygen atoms in total. The molecule has 0 bridgehead atoms. The number of halogens is 1. The van der Waals surface area contributed by atoms with E-state index >= 15 is 0 Å². The van der Waals surface area contributed by atoms with Gasteiger partial charge in [-0.15, -0.1) is 0 Å². The van der Waals surface area contributed by atoms with Gasteiger partial charge >= 0.3 is 0 Å². The normalized spacial score (nSPS) is 10.5. The minimum Gasteiger partial charge on any atom is -0.241 e. The first-order valence-electron chi connectivity index (χ1n) is 5.03. The number of aromatic nitrogens is 2. The van der Waals surface area contributed by atoms with Crippen LogP contribution in [0, 0.1) is 0 Å². The first kappa shape index (κ1) is 10.4. The molecular formula is C12H13BrN2. The molecule has 0 aliphatic rings. The Morgan fingerprint density at radius 1 is 1.20 bits per heavy atom. The Labute approximate surface area is 98.1 Å². The quantitative estimate of drug-likeness (QED) is 0.778. The van der Waals surface area contributed by atoms with Crippen molar-refractivity contribution in [2.45, 2.75) is 18.7 Å². The van der Waals surface area contributed by atoms with Gasteiger partial charge in [0.05, 0.1) is 11.4 Å². The minimum atomic E-state index is 0.895. The number of nitrogens with zero attached hydrogens (tertiary/aromatic N) is 2. The summed E-state index contributed by atoms with van der Waals surface area (Å²) in [7, 11) is 0. The number of hydrogen-bond donors (Lipinski definition) is 0. The van der Waals surface area contributed by atoms with Crippen LogP contribution >= 0.6 is 15.9 Å². The number of alkyl halides is 1. The van der Waals surface area contributed by atoms with Gasteiger partial charge in [0.2, 0.25) is 0 Å². The average Bonchev–Trinajstić information content (AvgIpc) is 2.78. The molecule has 2 aromatic rings. The maximum absolute atomic E-state index is 4.46. The molecule has 0 aliphatic carbocycles. The highest BCUT2D eigenvalue weighted by atomic mass is 79.9. The second-order valence-corrected chi connectivity index (χ2v) is 3.97. The van der Waals surface area contributed by atoms with Gasteiger partial charge in [0.25, 0.3) is 0 Å². The van der Waals surface area contributed by atoms with Gasteiger partial charge in [-0.3, -0.25) is 0 Å². The van der Waals surface area contributed by atoms with Gasteiger partial charge in [-0.1, -0.05) is 35.0 Å². The molecule has 0 radical (unpaired) electrons. The predicted molar refractivity (Wildman–Crippen MR) is 65.6 cm³/mol. The lowest BCUT2D eigenvalue weighted by Gasteiger charge is -2.02. The van der Waals surface area contributed by atoms with Crippen molar-refractivity contribution in [3.63, 3.8) is 0 Å². The van der Waals surface area contributed by atoms with Crippen molar-refractivity contribution in [3.8, 4) is 5.69 Å². The second kappa shape index (κ2) is 4.62. The summed E-state index contributed by atoms with van der Waals surface area (Å²) in [5.41, 5.74) is 3.51. The Balaban J connectivity index is 2.28. The molecule has 0 fully saturated rings. The summed E-state index contributed by atoms with van der Waals surface area (Å²) in [5.74, 6) is 0. The molecule has 0 saturated carbocycles. The SMILES string of the molecule is CCc1ccn(-c2ccc(CBr)cc2)n1. The summed E-state index contributed by atoms with van der Waals surface area (Å²) in [6.07, 6.45) is 2.98. The highest BCUT2D eigenvalue weighted by Crippen LogP contribution is 2.11. The lowest BCUT2D eigenvalue weighted by atomic mass is 10.2. The van der Waals surface area contributed by atoms with Crippen molar-refractivity contribution in [1.82, 2.24) is 9.78 Å². The molecule has 78 valence electrons. The van der Waals surface area contributed by atoms with Crippen molar-refractivity contribution < 1.29 is 0 Å². The van der Waals surface area contributed by atoms with Crippen LogP contribution < -0.4 is 0 Å². The van der Waals surface area contributed by atoms with Crippen molar-refractivity contribution in [1.29, 1.82) is 0 Å². The van der Waals surface area contributed by atoms with E-state index in [4.69, 9.17) is 0 Å². The van der Waals surface area contributed by atoms with Gasteiger partial charge < -0.3 is 0 Å². The van der Waals surface area contributed by atoms with Crippen LogP contribution in [0.3, 0.4) is 0 Å². The minimum absolute atomic E-state index is 0.895. The Morgan fingerprint density at radius 2 is 1.93 bits per heavy atom. The first-order chi connectivity index (χ1) is 7.33. The lowest BCUT2D eigenvalue weighted by molar-refractivity contribution is 0.841. The van der Waals surface area contributed by atoms with Gasteiger partial charge in [0, 0.05) is 11.5 Å². The van der Waals surface area contributed by atoms with Gasteiger partial charge in [0.1, 0.15) is 0 Å². The fraction of sp³-hybridized carbons (Fsp3) is 0.250. The molecule has 0 aliphatic heterocycles. The van der Waals surface area contributed by atoms with Crippen molar-refractivity contribution in [2.24, 2.45) is 0 Å². The van der Waals surface area contributed by atoms with Gasteiger partial charge in [-0.25, -0.2) is 4.68 Å². The smallest absolute Gasteiger partial charge is 0.0645 e. The molecule has 2 rings (SSSR count). The summed E-state index contributed by atoms with van der Waals surface area (Å²) in [5, 5.41) is 5.35. The Hall–Kier alpha value is -1.09. The Kier molecular flexibility index (Phi) is 3.21. The highest BCUT2D eigenvalue weighted by Gasteiger charge is 1.99. The summed E-state index contributed by atoms with van der Waals surface area (Å²) in [6.45, 7) is 2.11. The van der Waals surface area contributed by atoms with E-state index in [1.165, 1.54) is 5.56 Å². The lowest BCUT2D eigenvalue weighted by Crippen LogP contribution is -1.95. The third kappa shape index (κ3) is 2.29. The average molecular weight is 265 g/mol. The van der Waals surface area contributed by atoms with E-state index in [0.717, 1.165) is 23.1 Å². The van der Waals surface area contributed by atoms with Crippen LogP contribution in [-0.2, 0) is 11.8 Å².